The van der Waals surface area contributed by atoms with Crippen LogP contribution in [0.4, 0.5) is 4.39 Å². The quantitative estimate of drug-likeness (QED) is 0.0857. The summed E-state index contributed by atoms with van der Waals surface area (Å²) in [6.45, 7) is 7.34. The van der Waals surface area contributed by atoms with Crippen LogP contribution in [0, 0.1) is 11.7 Å². The van der Waals surface area contributed by atoms with Gasteiger partial charge in [0.2, 0.25) is 0 Å². The topological polar surface area (TPSA) is 61.8 Å². The molecule has 3 aromatic rings. The van der Waals surface area contributed by atoms with E-state index in [0.29, 0.717) is 30.4 Å². The number of carbonyl (C=O) groups is 2. The summed E-state index contributed by atoms with van der Waals surface area (Å²) in [5, 5.41) is 0. The molecule has 0 amide bonds. The summed E-state index contributed by atoms with van der Waals surface area (Å²) >= 11 is 0. The van der Waals surface area contributed by atoms with Crippen LogP contribution in [-0.4, -0.2) is 25.2 Å². The highest BCUT2D eigenvalue weighted by molar-refractivity contribution is 5.91. The molecule has 0 bridgehead atoms. The second-order valence-electron chi connectivity index (χ2n) is 10.9. The van der Waals surface area contributed by atoms with E-state index in [4.69, 9.17) is 14.2 Å². The number of hydrogen-bond donors (Lipinski definition) is 0. The van der Waals surface area contributed by atoms with Gasteiger partial charge in [-0.1, -0.05) is 96.4 Å². The molecule has 5 nitrogen and oxygen atoms in total. The van der Waals surface area contributed by atoms with Crippen molar-refractivity contribution in [1.29, 1.82) is 0 Å². The van der Waals surface area contributed by atoms with Crippen LogP contribution >= 0.6 is 0 Å². The van der Waals surface area contributed by atoms with Crippen LogP contribution in [0.15, 0.2) is 66.7 Å². The molecule has 0 saturated heterocycles. The molecule has 0 aliphatic rings. The van der Waals surface area contributed by atoms with Crippen molar-refractivity contribution >= 4 is 11.9 Å². The first-order valence-electron chi connectivity index (χ1n) is 15.4. The molecule has 3 rings (SSSR count). The summed E-state index contributed by atoms with van der Waals surface area (Å²) in [4.78, 5) is 24.9. The van der Waals surface area contributed by atoms with Gasteiger partial charge in [0.25, 0.3) is 0 Å². The molecule has 0 N–H and O–H groups in total. The van der Waals surface area contributed by atoms with E-state index in [9.17, 15) is 14.0 Å². The first kappa shape index (κ1) is 32.8. The molecule has 0 radical (unpaired) electrons. The van der Waals surface area contributed by atoms with Crippen molar-refractivity contribution < 1.29 is 28.2 Å². The summed E-state index contributed by atoms with van der Waals surface area (Å²) in [6, 6.07) is 18.3. The Balaban J connectivity index is 1.45. The Hall–Kier alpha value is -3.67. The fourth-order valence-corrected chi connectivity index (χ4v) is 4.48. The van der Waals surface area contributed by atoms with Gasteiger partial charge in [-0.15, -0.1) is 0 Å². The highest BCUT2D eigenvalue weighted by Gasteiger charge is 2.14. The van der Waals surface area contributed by atoms with Gasteiger partial charge in [-0.25, -0.2) is 14.0 Å². The number of unbranched alkanes of at least 4 members (excludes halogenated alkanes) is 7. The van der Waals surface area contributed by atoms with Crippen LogP contribution in [-0.2, 0) is 4.74 Å². The molecule has 6 heteroatoms. The lowest BCUT2D eigenvalue weighted by Crippen LogP contribution is -2.09. The molecule has 0 saturated carbocycles. The predicted molar refractivity (Wildman–Crippen MR) is 166 cm³/mol. The average molecular weight is 577 g/mol. The second kappa shape index (κ2) is 18.0. The van der Waals surface area contributed by atoms with Crippen LogP contribution in [0.25, 0.3) is 11.1 Å². The van der Waals surface area contributed by atoms with E-state index >= 15 is 0 Å². The maximum Gasteiger partial charge on any atom is 0.343 e. The molecule has 1 unspecified atom stereocenters. The minimum Gasteiger partial charge on any atom is -0.491 e. The van der Waals surface area contributed by atoms with Crippen LogP contribution < -0.4 is 9.47 Å². The van der Waals surface area contributed by atoms with Crippen LogP contribution in [0.5, 0.6) is 11.5 Å². The van der Waals surface area contributed by atoms with Gasteiger partial charge in [0.1, 0.15) is 5.75 Å². The Morgan fingerprint density at radius 2 is 1.31 bits per heavy atom. The molecule has 0 aliphatic carbocycles. The molecule has 0 aromatic heterocycles. The minimum atomic E-state index is -0.646. The number of benzene rings is 3. The zero-order valence-electron chi connectivity index (χ0n) is 25.3. The first-order valence-corrected chi connectivity index (χ1v) is 15.4. The van der Waals surface area contributed by atoms with Crippen molar-refractivity contribution in [2.45, 2.75) is 85.0 Å². The molecule has 0 heterocycles. The molecule has 42 heavy (non-hydrogen) atoms. The van der Waals surface area contributed by atoms with Gasteiger partial charge in [0, 0.05) is 0 Å². The largest absolute Gasteiger partial charge is 0.491 e. The molecule has 0 fully saturated rings. The maximum atomic E-state index is 14.6. The normalized spacial score (nSPS) is 11.6. The van der Waals surface area contributed by atoms with Gasteiger partial charge in [-0.2, -0.15) is 0 Å². The van der Waals surface area contributed by atoms with Crippen molar-refractivity contribution in [2.75, 3.05) is 13.2 Å². The van der Waals surface area contributed by atoms with Gasteiger partial charge < -0.3 is 14.2 Å². The fourth-order valence-electron chi connectivity index (χ4n) is 4.48. The summed E-state index contributed by atoms with van der Waals surface area (Å²) in [7, 11) is 0. The van der Waals surface area contributed by atoms with Crippen LogP contribution in [0.2, 0.25) is 0 Å². The molecule has 0 spiro atoms. The smallest absolute Gasteiger partial charge is 0.343 e. The third kappa shape index (κ3) is 11.0. The Kier molecular flexibility index (Phi) is 14.1. The zero-order valence-corrected chi connectivity index (χ0v) is 25.3. The minimum absolute atomic E-state index is 0.114. The van der Waals surface area contributed by atoms with Gasteiger partial charge >= 0.3 is 11.9 Å². The Morgan fingerprint density at radius 3 is 1.93 bits per heavy atom. The lowest BCUT2D eigenvalue weighted by Gasteiger charge is -2.10. The Morgan fingerprint density at radius 1 is 0.714 bits per heavy atom. The van der Waals surface area contributed by atoms with E-state index in [1.165, 1.54) is 50.7 Å². The SMILES string of the molecule is CCCCCCCCCCOc1ccc(C(=O)Oc2ccc(-c3ccc(C(=O)OCCC(C)CC)cc3)cc2)cc1F. The van der Waals surface area contributed by atoms with E-state index in [1.807, 2.05) is 24.3 Å². The van der Waals surface area contributed by atoms with E-state index in [2.05, 4.69) is 20.8 Å². The third-order valence-electron chi connectivity index (χ3n) is 7.48. The van der Waals surface area contributed by atoms with Gasteiger partial charge in [-0.05, 0) is 72.4 Å². The zero-order chi connectivity index (χ0) is 30.2. The molecular weight excluding hydrogens is 531 g/mol. The summed E-state index contributed by atoms with van der Waals surface area (Å²) in [5.41, 5.74) is 2.43. The molecule has 226 valence electrons. The van der Waals surface area contributed by atoms with Gasteiger partial charge in [0.15, 0.2) is 11.6 Å². The van der Waals surface area contributed by atoms with Crippen molar-refractivity contribution in [3.05, 3.63) is 83.7 Å². The van der Waals surface area contributed by atoms with Crippen molar-refractivity contribution in [2.24, 2.45) is 5.92 Å². The summed E-state index contributed by atoms with van der Waals surface area (Å²) < 4.78 is 31.0. The molecular formula is C36H45FO5. The Bertz CT molecular complexity index is 1240. The number of esters is 2. The van der Waals surface area contributed by atoms with Crippen LogP contribution in [0.3, 0.4) is 0 Å². The van der Waals surface area contributed by atoms with Gasteiger partial charge in [-0.3, -0.25) is 0 Å². The van der Waals surface area contributed by atoms with Crippen LogP contribution in [0.1, 0.15) is 106 Å². The second-order valence-corrected chi connectivity index (χ2v) is 10.9. The number of carbonyl (C=O) groups excluding carboxylic acids is 2. The standard InChI is InChI=1S/C36H45FO5/c1-4-6-7-8-9-10-11-12-24-40-34-22-19-31(26-33(34)37)36(39)42-32-20-17-29(18-21-32)28-13-15-30(16-14-28)35(38)41-25-23-27(3)5-2/h13-22,26-27H,4-12,23-25H2,1-3H3. The highest BCUT2D eigenvalue weighted by atomic mass is 19.1. The number of ether oxygens (including phenoxy) is 3. The number of rotatable bonds is 18. The monoisotopic (exact) mass is 576 g/mol. The van der Waals surface area contributed by atoms with Gasteiger partial charge in [0.05, 0.1) is 24.3 Å². The maximum absolute atomic E-state index is 14.6. The highest BCUT2D eigenvalue weighted by Crippen LogP contribution is 2.25. The van der Waals surface area contributed by atoms with E-state index < -0.39 is 11.8 Å². The van der Waals surface area contributed by atoms with E-state index in [1.54, 1.807) is 24.3 Å². The molecule has 0 aliphatic heterocycles. The Labute approximate surface area is 250 Å². The number of hydrogen-bond acceptors (Lipinski definition) is 5. The summed E-state index contributed by atoms with van der Waals surface area (Å²) in [6.07, 6.45) is 11.4. The molecule has 3 aromatic carbocycles. The van der Waals surface area contributed by atoms with E-state index in [-0.39, 0.29) is 17.3 Å². The van der Waals surface area contributed by atoms with E-state index in [0.717, 1.165) is 42.9 Å². The lowest BCUT2D eigenvalue weighted by molar-refractivity contribution is 0.0484. The fraction of sp³-hybridized carbons (Fsp3) is 0.444. The van der Waals surface area contributed by atoms with Crippen molar-refractivity contribution in [3.8, 4) is 22.6 Å². The number of halogens is 1. The third-order valence-corrected chi connectivity index (χ3v) is 7.48. The predicted octanol–water partition coefficient (Wildman–Crippen LogP) is 9.82. The van der Waals surface area contributed by atoms with Crippen molar-refractivity contribution in [1.82, 2.24) is 0 Å². The molecule has 1 atom stereocenters. The lowest BCUT2D eigenvalue weighted by atomic mass is 10.0. The first-order chi connectivity index (χ1) is 20.4. The summed E-state index contributed by atoms with van der Waals surface area (Å²) in [5.74, 6) is -0.538. The van der Waals surface area contributed by atoms with Crippen molar-refractivity contribution in [3.63, 3.8) is 0 Å². The average Bonchev–Trinajstić information content (AvgIpc) is 3.01.